The number of phenolic OH excluding ortho intramolecular Hbond substituents is 1. The Hall–Kier alpha value is -2.59. The van der Waals surface area contributed by atoms with Gasteiger partial charge in [0, 0.05) is 10.6 Å². The molecule has 0 saturated carbocycles. The van der Waals surface area contributed by atoms with Crippen LogP contribution in [0.25, 0.3) is 22.1 Å². The van der Waals surface area contributed by atoms with Crippen molar-refractivity contribution in [3.8, 4) is 16.9 Å². The number of carbonyl (C=O) groups excluding carboxylic acids is 1. The van der Waals surface area contributed by atoms with Crippen molar-refractivity contribution in [3.05, 3.63) is 63.0 Å². The Kier molecular flexibility index (Phi) is 3.70. The smallest absolute Gasteiger partial charge is 0.344 e. The van der Waals surface area contributed by atoms with Crippen molar-refractivity contribution in [2.24, 2.45) is 0 Å². The molecule has 0 amide bonds. The molecule has 0 radical (unpaired) electrons. The molecule has 2 aromatic carbocycles. The second-order valence-corrected chi connectivity index (χ2v) is 5.67. The Morgan fingerprint density at radius 3 is 2.52 bits per heavy atom. The lowest BCUT2D eigenvalue weighted by Gasteiger charge is -2.11. The van der Waals surface area contributed by atoms with Crippen molar-refractivity contribution in [3.63, 3.8) is 0 Å². The number of benzene rings is 2. The molecule has 1 heterocycles. The lowest BCUT2D eigenvalue weighted by molar-refractivity contribution is 0.101. The van der Waals surface area contributed by atoms with Crippen LogP contribution in [0.2, 0.25) is 5.02 Å². The largest absolute Gasteiger partial charge is 0.506 e. The highest BCUT2D eigenvalue weighted by Crippen LogP contribution is 2.36. The lowest BCUT2D eigenvalue weighted by Crippen LogP contribution is -2.07. The highest BCUT2D eigenvalue weighted by molar-refractivity contribution is 6.33. The third-order valence-electron chi connectivity index (χ3n) is 3.82. The van der Waals surface area contributed by atoms with E-state index in [0.29, 0.717) is 21.5 Å². The van der Waals surface area contributed by atoms with E-state index in [4.69, 9.17) is 16.0 Å². The molecule has 116 valence electrons. The molecule has 0 unspecified atom stereocenters. The maximum absolute atomic E-state index is 12.4. The zero-order valence-corrected chi connectivity index (χ0v) is 13.3. The van der Waals surface area contributed by atoms with E-state index in [0.717, 1.165) is 0 Å². The molecule has 1 N–H and O–H groups in total. The molecule has 0 fully saturated rings. The van der Waals surface area contributed by atoms with Gasteiger partial charge in [-0.3, -0.25) is 4.79 Å². The zero-order valence-electron chi connectivity index (χ0n) is 12.5. The van der Waals surface area contributed by atoms with E-state index in [9.17, 15) is 14.7 Å². The number of phenols is 1. The molecule has 5 heteroatoms. The molecule has 23 heavy (non-hydrogen) atoms. The molecule has 0 bridgehead atoms. The summed E-state index contributed by atoms with van der Waals surface area (Å²) in [5.74, 6) is -0.459. The van der Waals surface area contributed by atoms with Gasteiger partial charge in [-0.2, -0.15) is 0 Å². The van der Waals surface area contributed by atoms with Crippen LogP contribution in [0.4, 0.5) is 0 Å². The molecule has 0 spiro atoms. The van der Waals surface area contributed by atoms with Crippen molar-refractivity contribution in [2.45, 2.75) is 13.8 Å². The van der Waals surface area contributed by atoms with Crippen LogP contribution in [0.1, 0.15) is 22.8 Å². The summed E-state index contributed by atoms with van der Waals surface area (Å²) >= 11 is 6.18. The molecule has 1 aromatic heterocycles. The Morgan fingerprint density at radius 1 is 1.17 bits per heavy atom. The van der Waals surface area contributed by atoms with E-state index in [1.54, 1.807) is 31.2 Å². The van der Waals surface area contributed by atoms with Crippen LogP contribution in [-0.2, 0) is 0 Å². The van der Waals surface area contributed by atoms with Crippen molar-refractivity contribution in [1.82, 2.24) is 0 Å². The van der Waals surface area contributed by atoms with Crippen molar-refractivity contribution in [1.29, 1.82) is 0 Å². The van der Waals surface area contributed by atoms with Crippen molar-refractivity contribution < 1.29 is 14.3 Å². The average molecular weight is 329 g/mol. The minimum absolute atomic E-state index is 0.180. The monoisotopic (exact) mass is 328 g/mol. The SMILES string of the molecule is CC(=O)c1ccc2oc(=O)c(-c3ccccc3Cl)c(C)c2c1O. The number of halogens is 1. The summed E-state index contributed by atoms with van der Waals surface area (Å²) < 4.78 is 5.31. The maximum atomic E-state index is 12.4. The van der Waals surface area contributed by atoms with Crippen LogP contribution in [0, 0.1) is 6.92 Å². The number of Topliss-reactive ketones (excluding diaryl/α,β-unsaturated/α-hetero) is 1. The van der Waals surface area contributed by atoms with Crippen LogP contribution in [0.15, 0.2) is 45.6 Å². The van der Waals surface area contributed by atoms with Gasteiger partial charge in [0.25, 0.3) is 0 Å². The first-order valence-corrected chi connectivity index (χ1v) is 7.35. The van der Waals surface area contributed by atoms with Crippen LogP contribution in [0.5, 0.6) is 5.75 Å². The van der Waals surface area contributed by atoms with Crippen LogP contribution >= 0.6 is 11.6 Å². The molecule has 0 atom stereocenters. The first-order chi connectivity index (χ1) is 10.9. The molecular formula is C18H13ClO4. The number of aromatic hydroxyl groups is 1. The van der Waals surface area contributed by atoms with Crippen LogP contribution in [-0.4, -0.2) is 10.9 Å². The summed E-state index contributed by atoms with van der Waals surface area (Å²) in [6.07, 6.45) is 0. The highest BCUT2D eigenvalue weighted by Gasteiger charge is 2.20. The summed E-state index contributed by atoms with van der Waals surface area (Å²) in [4.78, 5) is 24.0. The van der Waals surface area contributed by atoms with E-state index in [1.807, 2.05) is 0 Å². The second-order valence-electron chi connectivity index (χ2n) is 5.26. The normalized spacial score (nSPS) is 10.9. The van der Waals surface area contributed by atoms with Gasteiger partial charge in [-0.25, -0.2) is 4.79 Å². The zero-order chi connectivity index (χ0) is 16.7. The molecule has 0 aliphatic heterocycles. The minimum atomic E-state index is -0.543. The van der Waals surface area contributed by atoms with Gasteiger partial charge in [0.15, 0.2) is 5.78 Å². The number of ketones is 1. The van der Waals surface area contributed by atoms with Gasteiger partial charge in [0.05, 0.1) is 16.5 Å². The van der Waals surface area contributed by atoms with Crippen molar-refractivity contribution >= 4 is 28.4 Å². The third-order valence-corrected chi connectivity index (χ3v) is 4.15. The van der Waals surface area contributed by atoms with Crippen LogP contribution in [0.3, 0.4) is 0 Å². The molecular weight excluding hydrogens is 316 g/mol. The highest BCUT2D eigenvalue weighted by atomic mass is 35.5. The Balaban J connectivity index is 2.46. The number of hydrogen-bond acceptors (Lipinski definition) is 4. The van der Waals surface area contributed by atoms with Crippen LogP contribution < -0.4 is 5.63 Å². The van der Waals surface area contributed by atoms with Gasteiger partial charge in [0.2, 0.25) is 0 Å². The predicted octanol–water partition coefficient (Wildman–Crippen LogP) is 4.33. The van der Waals surface area contributed by atoms with Gasteiger partial charge in [0.1, 0.15) is 11.3 Å². The molecule has 0 aliphatic rings. The van der Waals surface area contributed by atoms with Gasteiger partial charge < -0.3 is 9.52 Å². The quantitative estimate of drug-likeness (QED) is 0.561. The topological polar surface area (TPSA) is 67.5 Å². The standard InChI is InChI=1S/C18H13ClO4/c1-9-15(12-5-3-4-6-13(12)19)18(22)23-14-8-7-11(10(2)20)17(21)16(9)14/h3-8,21H,1-2H3. The number of fused-ring (bicyclic) bond motifs is 1. The van der Waals surface area contributed by atoms with Gasteiger partial charge in [-0.15, -0.1) is 0 Å². The molecule has 4 nitrogen and oxygen atoms in total. The summed E-state index contributed by atoms with van der Waals surface area (Å²) in [5, 5.41) is 11.2. The number of rotatable bonds is 2. The number of hydrogen-bond donors (Lipinski definition) is 1. The first kappa shape index (κ1) is 15.3. The predicted molar refractivity (Wildman–Crippen MR) is 89.3 cm³/mol. The van der Waals surface area contributed by atoms with E-state index < -0.39 is 5.63 Å². The Morgan fingerprint density at radius 2 is 1.87 bits per heavy atom. The number of aryl methyl sites for hydroxylation is 1. The summed E-state index contributed by atoms with van der Waals surface area (Å²) in [5.41, 5.74) is 1.18. The summed E-state index contributed by atoms with van der Waals surface area (Å²) in [6.45, 7) is 3.06. The summed E-state index contributed by atoms with van der Waals surface area (Å²) in [6, 6.07) is 9.85. The summed E-state index contributed by atoms with van der Waals surface area (Å²) in [7, 11) is 0. The average Bonchev–Trinajstić information content (AvgIpc) is 2.48. The fourth-order valence-electron chi connectivity index (χ4n) is 2.71. The van der Waals surface area contributed by atoms with E-state index in [2.05, 4.69) is 0 Å². The first-order valence-electron chi connectivity index (χ1n) is 6.97. The van der Waals surface area contributed by atoms with Gasteiger partial charge >= 0.3 is 5.63 Å². The van der Waals surface area contributed by atoms with E-state index in [1.165, 1.54) is 19.1 Å². The maximum Gasteiger partial charge on any atom is 0.344 e. The van der Waals surface area contributed by atoms with Crippen molar-refractivity contribution in [2.75, 3.05) is 0 Å². The van der Waals surface area contributed by atoms with E-state index >= 15 is 0 Å². The van der Waals surface area contributed by atoms with Gasteiger partial charge in [-0.05, 0) is 37.6 Å². The fourth-order valence-corrected chi connectivity index (χ4v) is 2.94. The molecule has 3 aromatic rings. The molecule has 3 rings (SSSR count). The van der Waals surface area contributed by atoms with E-state index in [-0.39, 0.29) is 28.2 Å². The minimum Gasteiger partial charge on any atom is -0.506 e. The third kappa shape index (κ3) is 2.41. The Labute approximate surface area is 136 Å². The number of carbonyl (C=O) groups is 1. The van der Waals surface area contributed by atoms with Gasteiger partial charge in [-0.1, -0.05) is 29.8 Å². The fraction of sp³-hybridized carbons (Fsp3) is 0.111. The molecule has 0 saturated heterocycles. The Bertz CT molecular complexity index is 1000. The molecule has 0 aliphatic carbocycles. The lowest BCUT2D eigenvalue weighted by atomic mass is 9.97. The second kappa shape index (κ2) is 5.56.